The van der Waals surface area contributed by atoms with Crippen molar-refractivity contribution in [1.29, 1.82) is 0 Å². The van der Waals surface area contributed by atoms with Gasteiger partial charge in [-0.05, 0) is 103 Å². The summed E-state index contributed by atoms with van der Waals surface area (Å²) in [6.07, 6.45) is 0. The highest BCUT2D eigenvalue weighted by Crippen LogP contribution is 2.35. The van der Waals surface area contributed by atoms with Gasteiger partial charge in [0.15, 0.2) is 0 Å². The number of nitrogens with one attached hydrogen (secondary N) is 2. The Balaban J connectivity index is 1.22. The fraction of sp³-hybridized carbons (Fsp3) is 0.222. The van der Waals surface area contributed by atoms with Crippen LogP contribution in [0, 0.1) is 0 Å². The van der Waals surface area contributed by atoms with E-state index in [0.717, 1.165) is 30.8 Å². The Morgan fingerprint density at radius 2 is 1.09 bits per heavy atom. The highest BCUT2D eigenvalue weighted by molar-refractivity contribution is 6.00. The summed E-state index contributed by atoms with van der Waals surface area (Å²) in [5.41, 5.74) is 9.41. The molecule has 0 aliphatic carbocycles. The highest BCUT2D eigenvalue weighted by atomic mass is 16.5. The molecule has 12 nitrogen and oxygen atoms in total. The molecule has 57 heavy (non-hydrogen) atoms. The number of hydrazine groups is 1. The first-order valence-corrected chi connectivity index (χ1v) is 18.5. The summed E-state index contributed by atoms with van der Waals surface area (Å²) in [5, 5.41) is 0. The summed E-state index contributed by atoms with van der Waals surface area (Å²) in [6, 6.07) is 37.0. The van der Waals surface area contributed by atoms with Crippen LogP contribution < -0.4 is 15.6 Å². The number of piperazine rings is 1. The minimum atomic E-state index is -0.572. The highest BCUT2D eigenvalue weighted by Gasteiger charge is 2.35. The summed E-state index contributed by atoms with van der Waals surface area (Å²) in [4.78, 5) is 67.6. The third-order valence-corrected chi connectivity index (χ3v) is 10.00. The van der Waals surface area contributed by atoms with E-state index < -0.39 is 29.7 Å². The average Bonchev–Trinajstić information content (AvgIpc) is 3.24. The number of esters is 3. The molecule has 0 saturated carbocycles. The van der Waals surface area contributed by atoms with Gasteiger partial charge < -0.3 is 14.2 Å². The number of amides is 2. The van der Waals surface area contributed by atoms with Gasteiger partial charge in [0.1, 0.15) is 5.75 Å². The molecule has 0 spiro atoms. The Kier molecular flexibility index (Phi) is 12.9. The molecule has 0 bridgehead atoms. The summed E-state index contributed by atoms with van der Waals surface area (Å²) >= 11 is 0. The van der Waals surface area contributed by atoms with Crippen LogP contribution in [0.2, 0.25) is 0 Å². The lowest BCUT2D eigenvalue weighted by molar-refractivity contribution is 0.0195. The van der Waals surface area contributed by atoms with Crippen molar-refractivity contribution in [2.75, 3.05) is 27.3 Å². The van der Waals surface area contributed by atoms with Gasteiger partial charge in [0.2, 0.25) is 0 Å². The molecule has 292 valence electrons. The number of hydrogen-bond acceptors (Lipinski definition) is 10. The number of nitrogens with zero attached hydrogens (tertiary/aromatic N) is 2. The fourth-order valence-corrected chi connectivity index (χ4v) is 6.92. The van der Waals surface area contributed by atoms with Crippen LogP contribution in [0.5, 0.6) is 5.75 Å². The molecule has 6 rings (SSSR count). The summed E-state index contributed by atoms with van der Waals surface area (Å²) in [5.74, 6) is -2.30. The minimum absolute atomic E-state index is 0.120. The van der Waals surface area contributed by atoms with E-state index in [9.17, 15) is 24.0 Å². The van der Waals surface area contributed by atoms with Gasteiger partial charge in [-0.3, -0.25) is 30.2 Å². The lowest BCUT2D eigenvalue weighted by Crippen LogP contribution is -2.56. The first-order chi connectivity index (χ1) is 27.5. The van der Waals surface area contributed by atoms with E-state index in [0.29, 0.717) is 22.4 Å². The predicted molar refractivity (Wildman–Crippen MR) is 213 cm³/mol. The zero-order chi connectivity index (χ0) is 40.5. The second kappa shape index (κ2) is 18.3. The molecule has 1 aliphatic heterocycles. The lowest BCUT2D eigenvalue weighted by Gasteiger charge is -2.47. The van der Waals surface area contributed by atoms with Gasteiger partial charge >= 0.3 is 17.9 Å². The monoisotopic (exact) mass is 768 g/mol. The van der Waals surface area contributed by atoms with Gasteiger partial charge in [0, 0.05) is 42.8 Å². The summed E-state index contributed by atoms with van der Waals surface area (Å²) in [6.45, 7) is 6.80. The van der Waals surface area contributed by atoms with Gasteiger partial charge in [-0.15, -0.1) is 0 Å². The first-order valence-electron chi connectivity index (χ1n) is 18.5. The van der Waals surface area contributed by atoms with Crippen molar-refractivity contribution in [3.05, 3.63) is 172 Å². The molecular weight excluding hydrogens is 725 g/mol. The molecule has 5 aromatic carbocycles. The van der Waals surface area contributed by atoms with E-state index in [-0.39, 0.29) is 29.3 Å². The number of ether oxygens (including phenoxy) is 3. The Morgan fingerprint density at radius 1 is 0.579 bits per heavy atom. The molecule has 1 saturated heterocycles. The van der Waals surface area contributed by atoms with Crippen LogP contribution in [0.15, 0.2) is 127 Å². The molecule has 3 atom stereocenters. The van der Waals surface area contributed by atoms with E-state index in [1.807, 2.05) is 36.4 Å². The molecule has 1 heterocycles. The molecule has 0 radical (unpaired) electrons. The standard InChI is InChI=1S/C45H44N4O8/c1-29-27-49(30(2)26-48(29)28-31-9-6-5-7-10-31)40(38-11-8-12-39(25-38)57-45(54)37-23-21-36(22-24-37)44(53)56-4)32-13-15-33(16-14-32)41(50)46-47-42(51)34-17-19-35(20-18-34)43(52)55-3/h5-25,29-30,40H,26-28H2,1-4H3,(H,46,50)(H,47,51). The zero-order valence-corrected chi connectivity index (χ0v) is 32.1. The SMILES string of the molecule is COC(=O)c1ccc(C(=O)NNC(=O)c2ccc(C(c3cccc(OC(=O)c4ccc(C(=O)OC)cc4)c3)N3CC(C)N(Cc4ccccc4)CC3C)cc2)cc1. The molecule has 2 amide bonds. The molecule has 3 unspecified atom stereocenters. The van der Waals surface area contributed by atoms with Crippen LogP contribution in [0.3, 0.4) is 0 Å². The van der Waals surface area contributed by atoms with Gasteiger partial charge in [0.05, 0.1) is 37.0 Å². The van der Waals surface area contributed by atoms with E-state index in [4.69, 9.17) is 14.2 Å². The number of rotatable bonds is 11. The molecule has 12 heteroatoms. The fourth-order valence-electron chi connectivity index (χ4n) is 6.92. The Bertz CT molecular complexity index is 2210. The topological polar surface area (TPSA) is 144 Å². The maximum Gasteiger partial charge on any atom is 0.343 e. The van der Waals surface area contributed by atoms with Crippen molar-refractivity contribution in [3.63, 3.8) is 0 Å². The summed E-state index contributed by atoms with van der Waals surface area (Å²) in [7, 11) is 2.57. The Hall–Kier alpha value is -6.63. The Labute approximate surface area is 331 Å². The second-order valence-corrected chi connectivity index (χ2v) is 13.8. The van der Waals surface area contributed by atoms with Gasteiger partial charge in [-0.1, -0.05) is 54.6 Å². The smallest absolute Gasteiger partial charge is 0.343 e. The van der Waals surface area contributed by atoms with E-state index in [1.54, 1.807) is 18.2 Å². The third-order valence-electron chi connectivity index (χ3n) is 10.00. The molecular formula is C45H44N4O8. The molecule has 1 aliphatic rings. The van der Waals surface area contributed by atoms with E-state index >= 15 is 0 Å². The molecule has 0 aromatic heterocycles. The lowest BCUT2D eigenvalue weighted by atomic mass is 9.92. The number of benzene rings is 5. The van der Waals surface area contributed by atoms with Crippen LogP contribution in [0.4, 0.5) is 0 Å². The molecule has 1 fully saturated rings. The number of carbonyl (C=O) groups is 5. The van der Waals surface area contributed by atoms with Crippen molar-refractivity contribution in [2.24, 2.45) is 0 Å². The largest absolute Gasteiger partial charge is 0.465 e. The van der Waals surface area contributed by atoms with Gasteiger partial charge in [-0.25, -0.2) is 14.4 Å². The Morgan fingerprint density at radius 3 is 1.63 bits per heavy atom. The van der Waals surface area contributed by atoms with Crippen LogP contribution in [0.25, 0.3) is 0 Å². The summed E-state index contributed by atoms with van der Waals surface area (Å²) < 4.78 is 15.3. The van der Waals surface area contributed by atoms with Crippen molar-refractivity contribution >= 4 is 29.7 Å². The molecule has 5 aromatic rings. The predicted octanol–water partition coefficient (Wildman–Crippen LogP) is 6.24. The van der Waals surface area contributed by atoms with Gasteiger partial charge in [0.25, 0.3) is 11.8 Å². The second-order valence-electron chi connectivity index (χ2n) is 13.8. The van der Waals surface area contributed by atoms with Crippen LogP contribution in [-0.2, 0) is 16.0 Å². The van der Waals surface area contributed by atoms with Crippen LogP contribution in [-0.4, -0.2) is 78.9 Å². The quantitative estimate of drug-likeness (QED) is 0.0901. The number of methoxy groups -OCH3 is 2. The van der Waals surface area contributed by atoms with Crippen molar-refractivity contribution in [1.82, 2.24) is 20.7 Å². The van der Waals surface area contributed by atoms with E-state index in [1.165, 1.54) is 68.3 Å². The number of hydrogen-bond donors (Lipinski definition) is 2. The van der Waals surface area contributed by atoms with Crippen molar-refractivity contribution < 1.29 is 38.2 Å². The van der Waals surface area contributed by atoms with Crippen LogP contribution >= 0.6 is 0 Å². The maximum absolute atomic E-state index is 13.2. The maximum atomic E-state index is 13.2. The normalized spacial score (nSPS) is 16.1. The minimum Gasteiger partial charge on any atom is -0.465 e. The van der Waals surface area contributed by atoms with Crippen LogP contribution in [0.1, 0.15) is 88.4 Å². The van der Waals surface area contributed by atoms with Crippen molar-refractivity contribution in [2.45, 2.75) is 38.5 Å². The number of carbonyl (C=O) groups excluding carboxylic acids is 5. The third kappa shape index (κ3) is 9.79. The zero-order valence-electron chi connectivity index (χ0n) is 32.1. The van der Waals surface area contributed by atoms with Gasteiger partial charge in [-0.2, -0.15) is 0 Å². The molecule has 2 N–H and O–H groups in total. The average molecular weight is 769 g/mol. The van der Waals surface area contributed by atoms with Crippen molar-refractivity contribution in [3.8, 4) is 5.75 Å². The first kappa shape index (κ1) is 40.0. The van der Waals surface area contributed by atoms with E-state index in [2.05, 4.69) is 58.8 Å².